The lowest BCUT2D eigenvalue weighted by Crippen LogP contribution is -2.53. The van der Waals surface area contributed by atoms with Gasteiger partial charge in [-0.15, -0.1) is 10.2 Å². The van der Waals surface area contributed by atoms with Crippen LogP contribution in [-0.4, -0.2) is 33.4 Å². The van der Waals surface area contributed by atoms with Crippen LogP contribution in [0.3, 0.4) is 0 Å². The van der Waals surface area contributed by atoms with E-state index in [0.717, 1.165) is 25.7 Å². The molecule has 2 unspecified atom stereocenters. The van der Waals surface area contributed by atoms with E-state index in [0.29, 0.717) is 5.92 Å². The zero-order chi connectivity index (χ0) is 14.8. The zero-order valence-electron chi connectivity index (χ0n) is 11.2. The third kappa shape index (κ3) is 3.40. The normalized spacial score (nSPS) is 26.3. The van der Waals surface area contributed by atoms with Gasteiger partial charge in [-0.25, -0.2) is 0 Å². The Morgan fingerprint density at radius 2 is 2.30 bits per heavy atom. The van der Waals surface area contributed by atoms with Gasteiger partial charge >= 0.3 is 0 Å². The Kier molecular flexibility index (Phi) is 4.83. The van der Waals surface area contributed by atoms with E-state index in [9.17, 15) is 9.90 Å². The van der Waals surface area contributed by atoms with Crippen molar-refractivity contribution >= 4 is 29.1 Å². The van der Waals surface area contributed by atoms with E-state index in [1.54, 1.807) is 0 Å². The topological polar surface area (TPSA) is 75.1 Å². The predicted molar refractivity (Wildman–Crippen MR) is 77.0 cm³/mol. The number of aliphatic hydroxyl groups is 1. The molecular formula is C13H17Cl2N3O2. The van der Waals surface area contributed by atoms with Crippen LogP contribution >= 0.6 is 23.2 Å². The summed E-state index contributed by atoms with van der Waals surface area (Å²) in [6, 6.07) is 1.38. The fourth-order valence-electron chi connectivity index (χ4n) is 2.78. The number of hydrogen-bond acceptors (Lipinski definition) is 4. The van der Waals surface area contributed by atoms with Gasteiger partial charge in [0, 0.05) is 0 Å². The van der Waals surface area contributed by atoms with E-state index in [-0.39, 0.29) is 28.4 Å². The molecule has 110 valence electrons. The van der Waals surface area contributed by atoms with Crippen LogP contribution in [0.5, 0.6) is 0 Å². The minimum Gasteiger partial charge on any atom is -0.394 e. The van der Waals surface area contributed by atoms with Gasteiger partial charge in [0.15, 0.2) is 10.3 Å². The van der Waals surface area contributed by atoms with Gasteiger partial charge in [0.2, 0.25) is 0 Å². The molecule has 0 aromatic carbocycles. The second-order valence-electron chi connectivity index (χ2n) is 5.47. The monoisotopic (exact) mass is 317 g/mol. The molecule has 0 bridgehead atoms. The third-order valence-corrected chi connectivity index (χ3v) is 4.20. The number of halogens is 2. The number of hydrogen-bond donors (Lipinski definition) is 2. The molecule has 1 aromatic heterocycles. The summed E-state index contributed by atoms with van der Waals surface area (Å²) in [5.74, 6) is 0.0841. The van der Waals surface area contributed by atoms with Crippen molar-refractivity contribution in [2.75, 3.05) is 6.61 Å². The number of aromatic nitrogens is 2. The van der Waals surface area contributed by atoms with Gasteiger partial charge in [-0.1, -0.05) is 43.0 Å². The van der Waals surface area contributed by atoms with Crippen molar-refractivity contribution in [3.63, 3.8) is 0 Å². The maximum Gasteiger partial charge on any atom is 0.255 e. The summed E-state index contributed by atoms with van der Waals surface area (Å²) in [4.78, 5) is 12.3. The maximum atomic E-state index is 12.3. The number of nitrogens with one attached hydrogen (secondary N) is 1. The standard InChI is InChI=1S/C13H17Cl2N3O2/c1-8-3-2-4-13(6-8,7-19)16-12(20)9-5-10(14)17-18-11(9)15/h5,8,19H,2-4,6-7H2,1H3,(H,16,20). The van der Waals surface area contributed by atoms with Gasteiger partial charge in [-0.3, -0.25) is 4.79 Å². The Morgan fingerprint density at radius 1 is 1.55 bits per heavy atom. The highest BCUT2D eigenvalue weighted by molar-refractivity contribution is 6.34. The lowest BCUT2D eigenvalue weighted by atomic mass is 9.76. The highest BCUT2D eigenvalue weighted by Crippen LogP contribution is 2.32. The third-order valence-electron chi connectivity index (χ3n) is 3.74. The lowest BCUT2D eigenvalue weighted by Gasteiger charge is -2.39. The van der Waals surface area contributed by atoms with Crippen LogP contribution in [0.15, 0.2) is 6.07 Å². The van der Waals surface area contributed by atoms with E-state index in [1.165, 1.54) is 6.07 Å². The molecule has 0 saturated heterocycles. The molecule has 2 N–H and O–H groups in total. The molecule has 2 rings (SSSR count). The number of rotatable bonds is 3. The van der Waals surface area contributed by atoms with Crippen LogP contribution in [-0.2, 0) is 0 Å². The van der Waals surface area contributed by atoms with Crippen LogP contribution in [0.4, 0.5) is 0 Å². The number of amides is 1. The lowest BCUT2D eigenvalue weighted by molar-refractivity contribution is 0.0696. The van der Waals surface area contributed by atoms with E-state index in [4.69, 9.17) is 23.2 Å². The molecule has 2 atom stereocenters. The van der Waals surface area contributed by atoms with Crippen LogP contribution in [0, 0.1) is 5.92 Å². The van der Waals surface area contributed by atoms with Crippen LogP contribution in [0.25, 0.3) is 0 Å². The van der Waals surface area contributed by atoms with Crippen LogP contribution in [0.1, 0.15) is 43.0 Å². The largest absolute Gasteiger partial charge is 0.394 e. The van der Waals surface area contributed by atoms with E-state index in [2.05, 4.69) is 22.4 Å². The summed E-state index contributed by atoms with van der Waals surface area (Å²) in [6.07, 6.45) is 3.59. The Balaban J connectivity index is 2.19. The first-order chi connectivity index (χ1) is 9.46. The molecule has 1 aromatic rings. The van der Waals surface area contributed by atoms with Gasteiger partial charge in [-0.05, 0) is 24.8 Å². The quantitative estimate of drug-likeness (QED) is 0.898. The SMILES string of the molecule is CC1CCCC(CO)(NC(=O)c2cc(Cl)nnc2Cl)C1. The van der Waals surface area contributed by atoms with Crippen molar-refractivity contribution < 1.29 is 9.90 Å². The van der Waals surface area contributed by atoms with Gasteiger partial charge in [0.1, 0.15) is 0 Å². The molecule has 1 aliphatic rings. The molecule has 0 aliphatic heterocycles. The molecule has 0 radical (unpaired) electrons. The second-order valence-corrected chi connectivity index (χ2v) is 6.21. The predicted octanol–water partition coefficient (Wildman–Crippen LogP) is 2.45. The van der Waals surface area contributed by atoms with Gasteiger partial charge in [0.05, 0.1) is 17.7 Å². The van der Waals surface area contributed by atoms with E-state index >= 15 is 0 Å². The number of aliphatic hydroxyl groups excluding tert-OH is 1. The molecule has 7 heteroatoms. The molecule has 5 nitrogen and oxygen atoms in total. The van der Waals surface area contributed by atoms with Crippen molar-refractivity contribution in [2.24, 2.45) is 5.92 Å². The maximum absolute atomic E-state index is 12.3. The zero-order valence-corrected chi connectivity index (χ0v) is 12.7. The average molecular weight is 318 g/mol. The summed E-state index contributed by atoms with van der Waals surface area (Å²) < 4.78 is 0. The summed E-state index contributed by atoms with van der Waals surface area (Å²) in [5, 5.41) is 19.9. The minimum absolute atomic E-state index is 0.00356. The second kappa shape index (κ2) is 6.24. The first-order valence-electron chi connectivity index (χ1n) is 6.58. The first kappa shape index (κ1) is 15.5. The number of carbonyl (C=O) groups excluding carboxylic acids is 1. The Bertz CT molecular complexity index is 512. The fraction of sp³-hybridized carbons (Fsp3) is 0.615. The first-order valence-corrected chi connectivity index (χ1v) is 7.33. The molecule has 0 spiro atoms. The molecule has 20 heavy (non-hydrogen) atoms. The van der Waals surface area contributed by atoms with Crippen LogP contribution in [0.2, 0.25) is 10.3 Å². The van der Waals surface area contributed by atoms with Crippen molar-refractivity contribution in [3.05, 3.63) is 21.9 Å². The Hall–Kier alpha value is -0.910. The summed E-state index contributed by atoms with van der Waals surface area (Å²) in [6.45, 7) is 2.03. The van der Waals surface area contributed by atoms with Gasteiger partial charge in [0.25, 0.3) is 5.91 Å². The van der Waals surface area contributed by atoms with Crippen molar-refractivity contribution in [1.29, 1.82) is 0 Å². The summed E-state index contributed by atoms with van der Waals surface area (Å²) in [7, 11) is 0. The molecular weight excluding hydrogens is 301 g/mol. The van der Waals surface area contributed by atoms with Crippen molar-refractivity contribution in [2.45, 2.75) is 38.1 Å². The number of carbonyl (C=O) groups is 1. The van der Waals surface area contributed by atoms with E-state index < -0.39 is 5.54 Å². The van der Waals surface area contributed by atoms with Crippen molar-refractivity contribution in [1.82, 2.24) is 15.5 Å². The van der Waals surface area contributed by atoms with E-state index in [1.807, 2.05) is 0 Å². The molecule has 1 amide bonds. The molecule has 1 aliphatic carbocycles. The average Bonchev–Trinajstić information content (AvgIpc) is 2.41. The minimum atomic E-state index is -0.589. The fourth-order valence-corrected chi connectivity index (χ4v) is 3.10. The molecule has 1 heterocycles. The smallest absolute Gasteiger partial charge is 0.255 e. The molecule has 1 saturated carbocycles. The highest BCUT2D eigenvalue weighted by Gasteiger charge is 2.36. The Morgan fingerprint density at radius 3 is 2.95 bits per heavy atom. The van der Waals surface area contributed by atoms with Gasteiger partial charge < -0.3 is 10.4 Å². The van der Waals surface area contributed by atoms with Gasteiger partial charge in [-0.2, -0.15) is 0 Å². The number of nitrogens with zero attached hydrogens (tertiary/aromatic N) is 2. The van der Waals surface area contributed by atoms with Crippen molar-refractivity contribution in [3.8, 4) is 0 Å². The Labute approximate surface area is 127 Å². The highest BCUT2D eigenvalue weighted by atomic mass is 35.5. The summed E-state index contributed by atoms with van der Waals surface area (Å²) >= 11 is 11.6. The van der Waals surface area contributed by atoms with Crippen LogP contribution < -0.4 is 5.32 Å². The summed E-state index contributed by atoms with van der Waals surface area (Å²) in [5.41, 5.74) is -0.411. The molecule has 1 fully saturated rings.